The summed E-state index contributed by atoms with van der Waals surface area (Å²) in [6, 6.07) is 15.3. The van der Waals surface area contributed by atoms with Gasteiger partial charge in [-0.05, 0) is 43.3 Å². The van der Waals surface area contributed by atoms with Gasteiger partial charge in [-0.3, -0.25) is 9.69 Å². The number of hydrogen-bond donors (Lipinski definition) is 1. The molecule has 5 nitrogen and oxygen atoms in total. The van der Waals surface area contributed by atoms with Crippen LogP contribution in [-0.4, -0.2) is 60.1 Å². The second-order valence-corrected chi connectivity index (χ2v) is 7.55. The Kier molecular flexibility index (Phi) is 5.34. The Hall–Kier alpha value is -2.08. The van der Waals surface area contributed by atoms with E-state index >= 15 is 0 Å². The molecule has 2 aromatic rings. The number of aliphatic hydroxyl groups excluding tert-OH is 1. The summed E-state index contributed by atoms with van der Waals surface area (Å²) in [6.45, 7) is 5.47. The van der Waals surface area contributed by atoms with Crippen LogP contribution in [0.15, 0.2) is 48.5 Å². The number of halogens is 1. The lowest BCUT2D eigenvalue weighted by molar-refractivity contribution is 0.0160. The van der Waals surface area contributed by atoms with Gasteiger partial charge in [0.15, 0.2) is 6.23 Å². The smallest absolute Gasteiger partial charge is 0.256 e. The third-order valence-corrected chi connectivity index (χ3v) is 5.71. The molecule has 1 amide bonds. The van der Waals surface area contributed by atoms with Crippen molar-refractivity contribution in [1.29, 1.82) is 0 Å². The number of piperazine rings is 1. The van der Waals surface area contributed by atoms with Crippen LogP contribution < -0.4 is 4.90 Å². The lowest BCUT2D eigenvalue weighted by atomic mass is 10.1. The molecular formula is C21H24ClN3O2. The largest absolute Gasteiger partial charge is 0.369 e. The van der Waals surface area contributed by atoms with Crippen LogP contribution >= 0.6 is 11.6 Å². The summed E-state index contributed by atoms with van der Waals surface area (Å²) in [5.74, 6) is -0.0642. The molecule has 2 aliphatic heterocycles. The van der Waals surface area contributed by atoms with Crippen LogP contribution in [0.5, 0.6) is 0 Å². The van der Waals surface area contributed by atoms with E-state index in [4.69, 9.17) is 11.6 Å². The van der Waals surface area contributed by atoms with Gasteiger partial charge in [0.2, 0.25) is 0 Å². The number of fused-ring (bicyclic) bond motifs is 1. The predicted molar refractivity (Wildman–Crippen MR) is 107 cm³/mol. The molecule has 0 saturated carbocycles. The Balaban J connectivity index is 1.24. The molecule has 1 fully saturated rings. The van der Waals surface area contributed by atoms with Crippen molar-refractivity contribution in [2.45, 2.75) is 12.6 Å². The fourth-order valence-electron chi connectivity index (χ4n) is 3.92. The molecule has 27 heavy (non-hydrogen) atoms. The van der Waals surface area contributed by atoms with Crippen LogP contribution in [0.2, 0.25) is 5.02 Å². The van der Waals surface area contributed by atoms with Crippen molar-refractivity contribution < 1.29 is 9.90 Å². The first-order valence-corrected chi connectivity index (χ1v) is 9.82. The summed E-state index contributed by atoms with van der Waals surface area (Å²) in [6.07, 6.45) is 0.0491. The molecule has 0 aromatic heterocycles. The lowest BCUT2D eigenvalue weighted by Crippen LogP contribution is -2.47. The minimum absolute atomic E-state index is 0.0642. The molecule has 1 atom stereocenters. The number of carbonyl (C=O) groups excluding carboxylic acids is 1. The molecular weight excluding hydrogens is 362 g/mol. The Morgan fingerprint density at radius 2 is 1.67 bits per heavy atom. The quantitative estimate of drug-likeness (QED) is 0.859. The maximum Gasteiger partial charge on any atom is 0.256 e. The molecule has 2 aliphatic rings. The first kappa shape index (κ1) is 18.3. The first-order chi connectivity index (χ1) is 13.1. The molecule has 2 heterocycles. The second-order valence-electron chi connectivity index (χ2n) is 7.12. The molecule has 6 heteroatoms. The highest BCUT2D eigenvalue weighted by molar-refractivity contribution is 6.30. The normalized spacial score (nSPS) is 20.2. The molecule has 0 bridgehead atoms. The van der Waals surface area contributed by atoms with Crippen molar-refractivity contribution in [1.82, 2.24) is 9.80 Å². The topological polar surface area (TPSA) is 47.0 Å². The van der Waals surface area contributed by atoms with Gasteiger partial charge in [0, 0.05) is 54.6 Å². The number of benzene rings is 2. The molecule has 1 N–H and O–H groups in total. The Morgan fingerprint density at radius 3 is 2.37 bits per heavy atom. The maximum absolute atomic E-state index is 12.4. The van der Waals surface area contributed by atoms with Crippen LogP contribution in [0.4, 0.5) is 5.69 Å². The van der Waals surface area contributed by atoms with E-state index < -0.39 is 6.23 Å². The summed E-state index contributed by atoms with van der Waals surface area (Å²) < 4.78 is 0. The molecule has 2 aromatic carbocycles. The highest BCUT2D eigenvalue weighted by Crippen LogP contribution is 2.31. The Morgan fingerprint density at radius 1 is 0.963 bits per heavy atom. The monoisotopic (exact) mass is 385 g/mol. The number of nitrogens with zero attached hydrogens (tertiary/aromatic N) is 3. The third-order valence-electron chi connectivity index (χ3n) is 5.46. The van der Waals surface area contributed by atoms with E-state index in [1.165, 1.54) is 5.69 Å². The summed E-state index contributed by atoms with van der Waals surface area (Å²) in [5, 5.41) is 11.2. The minimum atomic E-state index is -0.810. The van der Waals surface area contributed by atoms with Crippen molar-refractivity contribution in [3.63, 3.8) is 0 Å². The highest BCUT2D eigenvalue weighted by atomic mass is 35.5. The number of rotatable bonds is 5. The summed E-state index contributed by atoms with van der Waals surface area (Å²) in [5.41, 5.74) is 2.56. The third kappa shape index (κ3) is 3.81. The first-order valence-electron chi connectivity index (χ1n) is 9.44. The number of amides is 1. The van der Waals surface area contributed by atoms with Gasteiger partial charge in [-0.25, -0.2) is 0 Å². The van der Waals surface area contributed by atoms with Crippen molar-refractivity contribution >= 4 is 23.2 Å². The van der Waals surface area contributed by atoms with E-state index in [1.807, 2.05) is 30.3 Å². The highest BCUT2D eigenvalue weighted by Gasteiger charge is 2.34. The molecule has 1 unspecified atom stereocenters. The van der Waals surface area contributed by atoms with E-state index in [9.17, 15) is 9.90 Å². The second kappa shape index (κ2) is 7.89. The van der Waals surface area contributed by atoms with Gasteiger partial charge in [-0.15, -0.1) is 0 Å². The Labute approximate surface area is 164 Å². The summed E-state index contributed by atoms with van der Waals surface area (Å²) in [4.78, 5) is 18.8. The number of aliphatic hydroxyl groups is 1. The zero-order chi connectivity index (χ0) is 18.8. The molecule has 4 rings (SSSR count). The number of anilines is 1. The molecule has 0 aliphatic carbocycles. The summed E-state index contributed by atoms with van der Waals surface area (Å²) >= 11 is 5.96. The van der Waals surface area contributed by atoms with Gasteiger partial charge in [-0.2, -0.15) is 0 Å². The van der Waals surface area contributed by atoms with Gasteiger partial charge in [0.1, 0.15) is 0 Å². The fourth-order valence-corrected chi connectivity index (χ4v) is 4.05. The van der Waals surface area contributed by atoms with E-state index in [0.29, 0.717) is 12.1 Å². The number of hydrogen-bond acceptors (Lipinski definition) is 4. The van der Waals surface area contributed by atoms with Crippen molar-refractivity contribution in [2.75, 3.05) is 44.2 Å². The molecule has 0 spiro atoms. The zero-order valence-corrected chi connectivity index (χ0v) is 16.0. The summed E-state index contributed by atoms with van der Waals surface area (Å²) in [7, 11) is 0. The average Bonchev–Trinajstić information content (AvgIpc) is 2.94. The van der Waals surface area contributed by atoms with Gasteiger partial charge < -0.3 is 14.9 Å². The minimum Gasteiger partial charge on any atom is -0.369 e. The van der Waals surface area contributed by atoms with Gasteiger partial charge in [-0.1, -0.05) is 29.8 Å². The standard InChI is InChI=1S/C21H24ClN3O2/c22-16-6-8-17(9-7-16)24-14-12-23(13-15-24)10-3-11-25-20(26)18-4-1-2-5-19(18)21(25)27/h1-2,4-9,20,26H,3,10-15H2. The van der Waals surface area contributed by atoms with E-state index in [-0.39, 0.29) is 5.91 Å². The van der Waals surface area contributed by atoms with Crippen LogP contribution in [0, 0.1) is 0 Å². The maximum atomic E-state index is 12.4. The van der Waals surface area contributed by atoms with E-state index in [1.54, 1.807) is 11.0 Å². The lowest BCUT2D eigenvalue weighted by Gasteiger charge is -2.36. The Bertz CT molecular complexity index is 803. The van der Waals surface area contributed by atoms with E-state index in [0.717, 1.165) is 49.7 Å². The predicted octanol–water partition coefficient (Wildman–Crippen LogP) is 3.00. The van der Waals surface area contributed by atoms with E-state index in [2.05, 4.69) is 21.9 Å². The van der Waals surface area contributed by atoms with Crippen LogP contribution in [-0.2, 0) is 0 Å². The molecule has 1 saturated heterocycles. The number of carbonyl (C=O) groups is 1. The zero-order valence-electron chi connectivity index (χ0n) is 15.2. The van der Waals surface area contributed by atoms with Gasteiger partial charge in [0.05, 0.1) is 0 Å². The van der Waals surface area contributed by atoms with Gasteiger partial charge in [0.25, 0.3) is 5.91 Å². The fraction of sp³-hybridized carbons (Fsp3) is 0.381. The van der Waals surface area contributed by atoms with Crippen molar-refractivity contribution in [3.05, 3.63) is 64.7 Å². The molecule has 0 radical (unpaired) electrons. The van der Waals surface area contributed by atoms with Crippen LogP contribution in [0.1, 0.15) is 28.6 Å². The van der Waals surface area contributed by atoms with Crippen molar-refractivity contribution in [3.8, 4) is 0 Å². The van der Waals surface area contributed by atoms with Crippen molar-refractivity contribution in [2.24, 2.45) is 0 Å². The van der Waals surface area contributed by atoms with Gasteiger partial charge >= 0.3 is 0 Å². The molecule has 142 valence electrons. The van der Waals surface area contributed by atoms with Crippen LogP contribution in [0.25, 0.3) is 0 Å². The average molecular weight is 386 g/mol. The SMILES string of the molecule is O=C1c2ccccc2C(O)N1CCCN1CCN(c2ccc(Cl)cc2)CC1. The van der Waals surface area contributed by atoms with Crippen LogP contribution in [0.3, 0.4) is 0 Å².